The van der Waals surface area contributed by atoms with Crippen molar-refractivity contribution in [1.29, 1.82) is 0 Å². The molecule has 0 saturated heterocycles. The van der Waals surface area contributed by atoms with Crippen molar-refractivity contribution < 1.29 is 14.7 Å². The summed E-state index contributed by atoms with van der Waals surface area (Å²) in [4.78, 5) is 24.7. The number of carboxylic acids is 1. The number of hydrogen-bond acceptors (Lipinski definition) is 2. The Balaban J connectivity index is 2.60. The van der Waals surface area contributed by atoms with Crippen molar-refractivity contribution in [3.05, 3.63) is 34.3 Å². The van der Waals surface area contributed by atoms with Crippen molar-refractivity contribution in [3.8, 4) is 0 Å². The quantitative estimate of drug-likeness (QED) is 0.822. The summed E-state index contributed by atoms with van der Waals surface area (Å²) in [5.41, 5.74) is 0.978. The molecule has 0 aliphatic heterocycles. The maximum atomic E-state index is 12.1. The molecule has 0 fully saturated rings. The van der Waals surface area contributed by atoms with Gasteiger partial charge in [0.15, 0.2) is 0 Å². The molecule has 0 spiro atoms. The van der Waals surface area contributed by atoms with E-state index in [1.165, 1.54) is 4.90 Å². The van der Waals surface area contributed by atoms with E-state index in [0.717, 1.165) is 10.0 Å². The summed E-state index contributed by atoms with van der Waals surface area (Å²) < 4.78 is 0.973. The third kappa shape index (κ3) is 6.16. The summed E-state index contributed by atoms with van der Waals surface area (Å²) in [6.07, 6.45) is 0.410. The van der Waals surface area contributed by atoms with Crippen molar-refractivity contribution in [3.63, 3.8) is 0 Å². The van der Waals surface area contributed by atoms with Crippen molar-refractivity contribution in [1.82, 2.24) is 10.2 Å². The number of nitrogens with one attached hydrogen (secondary N) is 1. The Labute approximate surface area is 133 Å². The fourth-order valence-electron chi connectivity index (χ4n) is 1.89. The van der Waals surface area contributed by atoms with Gasteiger partial charge in [-0.15, -0.1) is 0 Å². The molecule has 1 atom stereocenters. The van der Waals surface area contributed by atoms with Gasteiger partial charge in [-0.2, -0.15) is 0 Å². The van der Waals surface area contributed by atoms with Crippen LogP contribution in [0.2, 0.25) is 0 Å². The minimum Gasteiger partial charge on any atom is -0.480 e. The predicted octanol–water partition coefficient (Wildman–Crippen LogP) is 3.09. The Morgan fingerprint density at radius 3 is 2.33 bits per heavy atom. The number of urea groups is 1. The van der Waals surface area contributed by atoms with Gasteiger partial charge in [0.25, 0.3) is 0 Å². The van der Waals surface area contributed by atoms with Gasteiger partial charge in [-0.05, 0) is 30.0 Å². The lowest BCUT2D eigenvalue weighted by Crippen LogP contribution is -2.46. The summed E-state index contributed by atoms with van der Waals surface area (Å²) >= 11 is 3.35. The number of amides is 2. The monoisotopic (exact) mass is 356 g/mol. The van der Waals surface area contributed by atoms with Gasteiger partial charge in [0.2, 0.25) is 0 Å². The van der Waals surface area contributed by atoms with Crippen LogP contribution in [0.5, 0.6) is 0 Å². The minimum atomic E-state index is -1.01. The van der Waals surface area contributed by atoms with Crippen LogP contribution in [-0.2, 0) is 11.3 Å². The molecule has 0 bridgehead atoms. The van der Waals surface area contributed by atoms with Gasteiger partial charge in [-0.25, -0.2) is 9.59 Å². The second-order valence-electron chi connectivity index (χ2n) is 5.45. The number of aliphatic carboxylic acids is 1. The van der Waals surface area contributed by atoms with Crippen LogP contribution < -0.4 is 5.32 Å². The van der Waals surface area contributed by atoms with Crippen LogP contribution in [0.3, 0.4) is 0 Å². The highest BCUT2D eigenvalue weighted by Crippen LogP contribution is 2.12. The highest BCUT2D eigenvalue weighted by atomic mass is 79.9. The molecule has 5 nitrogen and oxygen atoms in total. The largest absolute Gasteiger partial charge is 0.480 e. The first-order valence-corrected chi connectivity index (χ1v) is 7.57. The average molecular weight is 357 g/mol. The van der Waals surface area contributed by atoms with Gasteiger partial charge in [-0.3, -0.25) is 0 Å². The molecule has 0 heterocycles. The van der Waals surface area contributed by atoms with Gasteiger partial charge in [-0.1, -0.05) is 41.9 Å². The lowest BCUT2D eigenvalue weighted by Gasteiger charge is -2.22. The normalized spacial score (nSPS) is 12.0. The third-order valence-electron chi connectivity index (χ3n) is 2.98. The molecule has 6 heteroatoms. The third-order valence-corrected chi connectivity index (χ3v) is 3.51. The predicted molar refractivity (Wildman–Crippen MR) is 85.0 cm³/mol. The highest BCUT2D eigenvalue weighted by Gasteiger charge is 2.22. The summed E-state index contributed by atoms with van der Waals surface area (Å²) in [6, 6.07) is 6.39. The van der Waals surface area contributed by atoms with Crippen LogP contribution in [-0.4, -0.2) is 35.1 Å². The topological polar surface area (TPSA) is 69.6 Å². The van der Waals surface area contributed by atoms with Gasteiger partial charge in [0.05, 0.1) is 0 Å². The standard InChI is InChI=1S/C15H21BrN2O3/c1-10(2)8-13(14(19)20)17-15(21)18(3)9-11-4-6-12(16)7-5-11/h4-7,10,13H,8-9H2,1-3H3,(H,17,21)(H,19,20)/t13-/m0/s1. The van der Waals surface area contributed by atoms with Crippen LogP contribution in [0, 0.1) is 5.92 Å². The van der Waals surface area contributed by atoms with E-state index in [1.807, 2.05) is 38.1 Å². The van der Waals surface area contributed by atoms with Crippen molar-refractivity contribution in [2.75, 3.05) is 7.05 Å². The second kappa shape index (κ2) is 8.02. The smallest absolute Gasteiger partial charge is 0.326 e. The molecule has 0 aromatic heterocycles. The maximum Gasteiger partial charge on any atom is 0.326 e. The van der Waals surface area contributed by atoms with Crippen molar-refractivity contribution in [2.24, 2.45) is 5.92 Å². The molecule has 0 radical (unpaired) electrons. The van der Waals surface area contributed by atoms with Crippen molar-refractivity contribution in [2.45, 2.75) is 32.9 Å². The molecule has 1 rings (SSSR count). The fourth-order valence-corrected chi connectivity index (χ4v) is 2.15. The molecule has 2 N–H and O–H groups in total. The number of rotatable bonds is 6. The molecule has 1 aromatic carbocycles. The van der Waals surface area contributed by atoms with Gasteiger partial charge in [0, 0.05) is 18.1 Å². The number of halogens is 1. The van der Waals surface area contributed by atoms with Crippen LogP contribution in [0.1, 0.15) is 25.8 Å². The summed E-state index contributed by atoms with van der Waals surface area (Å²) in [5.74, 6) is -0.808. The fraction of sp³-hybridized carbons (Fsp3) is 0.467. The Morgan fingerprint density at radius 2 is 1.86 bits per heavy atom. The first-order chi connectivity index (χ1) is 9.79. The van der Waals surface area contributed by atoms with E-state index in [0.29, 0.717) is 13.0 Å². The zero-order chi connectivity index (χ0) is 16.0. The Hall–Kier alpha value is -1.56. The zero-order valence-electron chi connectivity index (χ0n) is 12.5. The van der Waals surface area contributed by atoms with E-state index in [9.17, 15) is 9.59 Å². The molecule has 21 heavy (non-hydrogen) atoms. The van der Waals surface area contributed by atoms with Crippen LogP contribution in [0.25, 0.3) is 0 Å². The molecule has 0 aliphatic carbocycles. The second-order valence-corrected chi connectivity index (χ2v) is 6.37. The Kier molecular flexibility index (Phi) is 6.68. The molecule has 0 aliphatic rings. The lowest BCUT2D eigenvalue weighted by atomic mass is 10.0. The molecular formula is C15H21BrN2O3. The average Bonchev–Trinajstić information content (AvgIpc) is 2.39. The molecule has 0 unspecified atom stereocenters. The summed E-state index contributed by atoms with van der Waals surface area (Å²) in [5, 5.41) is 11.7. The van der Waals surface area contributed by atoms with Crippen LogP contribution >= 0.6 is 15.9 Å². The van der Waals surface area contributed by atoms with Crippen LogP contribution in [0.15, 0.2) is 28.7 Å². The van der Waals surface area contributed by atoms with Gasteiger partial charge >= 0.3 is 12.0 Å². The molecule has 2 amide bonds. The number of carboxylic acid groups (broad SMARTS) is 1. The number of benzene rings is 1. The maximum absolute atomic E-state index is 12.1. The summed E-state index contributed by atoms with van der Waals surface area (Å²) in [7, 11) is 1.64. The minimum absolute atomic E-state index is 0.197. The van der Waals surface area contributed by atoms with E-state index in [2.05, 4.69) is 21.2 Å². The van der Waals surface area contributed by atoms with E-state index < -0.39 is 12.0 Å². The molecule has 116 valence electrons. The van der Waals surface area contributed by atoms with Gasteiger partial charge < -0.3 is 15.3 Å². The van der Waals surface area contributed by atoms with E-state index in [-0.39, 0.29) is 11.9 Å². The van der Waals surface area contributed by atoms with E-state index in [4.69, 9.17) is 5.11 Å². The van der Waals surface area contributed by atoms with E-state index >= 15 is 0 Å². The molecular weight excluding hydrogens is 336 g/mol. The lowest BCUT2D eigenvalue weighted by molar-refractivity contribution is -0.139. The number of carbonyl (C=O) groups is 2. The zero-order valence-corrected chi connectivity index (χ0v) is 14.1. The first-order valence-electron chi connectivity index (χ1n) is 6.78. The van der Waals surface area contributed by atoms with Gasteiger partial charge in [0.1, 0.15) is 6.04 Å². The Bertz CT molecular complexity index is 488. The van der Waals surface area contributed by atoms with Crippen molar-refractivity contribution >= 4 is 27.9 Å². The molecule has 1 aromatic rings. The van der Waals surface area contributed by atoms with E-state index in [1.54, 1.807) is 7.05 Å². The Morgan fingerprint density at radius 1 is 1.29 bits per heavy atom. The first kappa shape index (κ1) is 17.5. The SMILES string of the molecule is CC(C)C[C@H](NC(=O)N(C)Cc1ccc(Br)cc1)C(=O)O. The highest BCUT2D eigenvalue weighted by molar-refractivity contribution is 9.10. The number of carbonyl (C=O) groups excluding carboxylic acids is 1. The van der Waals surface area contributed by atoms with Crippen LogP contribution in [0.4, 0.5) is 4.79 Å². The number of nitrogens with zero attached hydrogens (tertiary/aromatic N) is 1. The molecule has 0 saturated carbocycles. The summed E-state index contributed by atoms with van der Waals surface area (Å²) in [6.45, 7) is 4.27. The number of hydrogen-bond donors (Lipinski definition) is 2.